The summed E-state index contributed by atoms with van der Waals surface area (Å²) in [7, 11) is -4.55. The van der Waals surface area contributed by atoms with Gasteiger partial charge in [0.15, 0.2) is 15.7 Å². The Labute approximate surface area is 79.2 Å². The minimum absolute atomic E-state index is 0.454. The Morgan fingerprint density at radius 1 is 1.57 bits per heavy atom. The van der Waals surface area contributed by atoms with Gasteiger partial charge in [0.2, 0.25) is 11.2 Å². The summed E-state index contributed by atoms with van der Waals surface area (Å²) in [6.07, 6.45) is 4.33. The molecule has 0 spiro atoms. The molecular weight excluding hydrogens is 219 g/mol. The van der Waals surface area contributed by atoms with Gasteiger partial charge in [-0.15, -0.1) is 0 Å². The van der Waals surface area contributed by atoms with Gasteiger partial charge in [-0.25, -0.2) is 21.6 Å². The summed E-state index contributed by atoms with van der Waals surface area (Å²) >= 11 is 0. The number of hydrogen-bond donors (Lipinski definition) is 1. The van der Waals surface area contributed by atoms with E-state index in [1.807, 2.05) is 0 Å². The molecule has 2 unspecified atom stereocenters. The summed E-state index contributed by atoms with van der Waals surface area (Å²) in [4.78, 5) is 0. The first-order chi connectivity index (χ1) is 6.28. The number of rotatable bonds is 2. The van der Waals surface area contributed by atoms with E-state index in [-0.39, 0.29) is 0 Å². The van der Waals surface area contributed by atoms with Crippen molar-refractivity contribution < 1.29 is 21.6 Å². The van der Waals surface area contributed by atoms with Crippen LogP contribution in [0.3, 0.4) is 0 Å². The molecule has 0 aromatic carbocycles. The van der Waals surface area contributed by atoms with E-state index < -0.39 is 26.8 Å². The summed E-state index contributed by atoms with van der Waals surface area (Å²) in [5.41, 5.74) is -6.34. The molecule has 7 heteroatoms. The van der Waals surface area contributed by atoms with E-state index in [4.69, 9.17) is 0 Å². The van der Waals surface area contributed by atoms with Crippen molar-refractivity contribution in [2.24, 2.45) is 0 Å². The van der Waals surface area contributed by atoms with Crippen LogP contribution < -0.4 is 5.32 Å². The van der Waals surface area contributed by atoms with Gasteiger partial charge in [-0.2, -0.15) is 0 Å². The summed E-state index contributed by atoms with van der Waals surface area (Å²) < 4.78 is 60.6. The highest BCUT2D eigenvalue weighted by molar-refractivity contribution is 7.93. The Morgan fingerprint density at radius 2 is 2.14 bits per heavy atom. The average molecular weight is 226 g/mol. The van der Waals surface area contributed by atoms with Crippen molar-refractivity contribution in [3.63, 3.8) is 0 Å². The Bertz CT molecular complexity index is 390. The first kappa shape index (κ1) is 11.1. The van der Waals surface area contributed by atoms with Crippen LogP contribution in [0.5, 0.6) is 0 Å². The molecule has 0 aromatic heterocycles. The molecule has 0 aliphatic carbocycles. The first-order valence-electron chi connectivity index (χ1n) is 3.48. The van der Waals surface area contributed by atoms with Crippen LogP contribution in [0.25, 0.3) is 0 Å². The Morgan fingerprint density at radius 3 is 2.57 bits per heavy atom. The van der Waals surface area contributed by atoms with Crippen molar-refractivity contribution in [3.8, 4) is 0 Å². The zero-order valence-corrected chi connectivity index (χ0v) is 7.69. The molecule has 0 saturated heterocycles. The average Bonchev–Trinajstić information content (AvgIpc) is 2.07. The van der Waals surface area contributed by atoms with Crippen LogP contribution in [-0.2, 0) is 9.84 Å². The van der Waals surface area contributed by atoms with Gasteiger partial charge in [-0.1, -0.05) is 0 Å². The molecular formula is C7H7F3NO2S. The number of dihydropyridines is 1. The second kappa shape index (κ2) is 3.30. The normalized spacial score (nSPS) is 29.3. The summed E-state index contributed by atoms with van der Waals surface area (Å²) in [6, 6.07) is 0. The van der Waals surface area contributed by atoms with Crippen LogP contribution in [0.1, 0.15) is 0 Å². The van der Waals surface area contributed by atoms with E-state index in [0.717, 1.165) is 6.20 Å². The third kappa shape index (κ3) is 1.77. The van der Waals surface area contributed by atoms with E-state index in [2.05, 4.69) is 11.6 Å². The van der Waals surface area contributed by atoms with E-state index in [0.29, 0.717) is 12.3 Å². The molecule has 1 N–H and O–H groups in total. The maximum Gasteiger partial charge on any atom is 0.244 e. The lowest BCUT2D eigenvalue weighted by Gasteiger charge is -2.24. The number of alkyl halides is 2. The number of halogens is 3. The van der Waals surface area contributed by atoms with Crippen molar-refractivity contribution in [3.05, 3.63) is 30.6 Å². The molecule has 2 atom stereocenters. The lowest BCUT2D eigenvalue weighted by Crippen LogP contribution is -2.40. The van der Waals surface area contributed by atoms with Gasteiger partial charge in [0.25, 0.3) is 0 Å². The second-order valence-electron chi connectivity index (χ2n) is 2.74. The molecule has 1 heterocycles. The SMILES string of the molecule is [CH2]S(=O)(=O)C(F)C1(F)C=CNC=C1F. The second-order valence-corrected chi connectivity index (χ2v) is 4.48. The maximum absolute atomic E-state index is 13.5. The van der Waals surface area contributed by atoms with Crippen molar-refractivity contribution in [2.45, 2.75) is 11.2 Å². The zero-order valence-electron chi connectivity index (χ0n) is 6.88. The van der Waals surface area contributed by atoms with E-state index in [1.165, 1.54) is 0 Å². The third-order valence-corrected chi connectivity index (χ3v) is 2.62. The fourth-order valence-electron chi connectivity index (χ4n) is 0.926. The van der Waals surface area contributed by atoms with Gasteiger partial charge in [0.1, 0.15) is 0 Å². The molecule has 3 nitrogen and oxygen atoms in total. The quantitative estimate of drug-likeness (QED) is 0.767. The van der Waals surface area contributed by atoms with E-state index in [9.17, 15) is 21.6 Å². The molecule has 0 bridgehead atoms. The number of hydrogen-bond acceptors (Lipinski definition) is 3. The fraction of sp³-hybridized carbons (Fsp3) is 0.286. The van der Waals surface area contributed by atoms with Gasteiger partial charge >= 0.3 is 0 Å². The smallest absolute Gasteiger partial charge is 0.244 e. The molecule has 0 aromatic rings. The molecule has 14 heavy (non-hydrogen) atoms. The highest BCUT2D eigenvalue weighted by Crippen LogP contribution is 2.34. The van der Waals surface area contributed by atoms with Crippen molar-refractivity contribution in [1.82, 2.24) is 5.32 Å². The number of sulfone groups is 1. The summed E-state index contributed by atoms with van der Waals surface area (Å²) in [5.74, 6) is -1.54. The van der Waals surface area contributed by atoms with Crippen LogP contribution in [0, 0.1) is 6.26 Å². The molecule has 0 amide bonds. The predicted octanol–water partition coefficient (Wildman–Crippen LogP) is 1.12. The Kier molecular flexibility index (Phi) is 2.62. The van der Waals surface area contributed by atoms with Gasteiger partial charge < -0.3 is 5.32 Å². The number of nitrogens with one attached hydrogen (secondary N) is 1. The lowest BCUT2D eigenvalue weighted by molar-refractivity contribution is 0.152. The van der Waals surface area contributed by atoms with Crippen molar-refractivity contribution in [1.29, 1.82) is 0 Å². The zero-order chi connectivity index (χ0) is 11.0. The highest BCUT2D eigenvalue weighted by atomic mass is 32.2. The molecule has 1 radical (unpaired) electrons. The maximum atomic E-state index is 13.5. The van der Waals surface area contributed by atoms with Crippen LogP contribution in [-0.4, -0.2) is 19.6 Å². The molecule has 1 aliphatic rings. The predicted molar refractivity (Wildman–Crippen MR) is 44.5 cm³/mol. The van der Waals surface area contributed by atoms with Gasteiger partial charge in [-0.05, 0) is 6.08 Å². The van der Waals surface area contributed by atoms with Crippen LogP contribution in [0.15, 0.2) is 24.3 Å². The van der Waals surface area contributed by atoms with Crippen molar-refractivity contribution in [2.75, 3.05) is 0 Å². The van der Waals surface area contributed by atoms with Crippen LogP contribution >= 0.6 is 0 Å². The largest absolute Gasteiger partial charge is 0.366 e. The van der Waals surface area contributed by atoms with Crippen LogP contribution in [0.2, 0.25) is 0 Å². The third-order valence-electron chi connectivity index (χ3n) is 1.64. The van der Waals surface area contributed by atoms with E-state index >= 15 is 0 Å². The monoisotopic (exact) mass is 226 g/mol. The number of allylic oxidation sites excluding steroid dienone is 2. The van der Waals surface area contributed by atoms with Gasteiger partial charge in [-0.3, -0.25) is 0 Å². The standard InChI is InChI=1S/C7H7F3NO2S/c1-14(12,13)6(9)7(10)2-3-11-4-5(7)8/h2-4,6,11H,1H2. The van der Waals surface area contributed by atoms with Gasteiger partial charge in [0.05, 0.1) is 6.26 Å². The fourth-order valence-corrected chi connectivity index (χ4v) is 1.64. The lowest BCUT2D eigenvalue weighted by atomic mass is 10.1. The molecule has 1 rings (SSSR count). The molecule has 79 valence electrons. The summed E-state index contributed by atoms with van der Waals surface area (Å²) in [5, 5.41) is 2.16. The van der Waals surface area contributed by atoms with Gasteiger partial charge in [0, 0.05) is 12.4 Å². The van der Waals surface area contributed by atoms with E-state index in [1.54, 1.807) is 0 Å². The van der Waals surface area contributed by atoms with Crippen molar-refractivity contribution >= 4 is 9.84 Å². The Balaban J connectivity index is 3.12. The topological polar surface area (TPSA) is 46.2 Å². The summed E-state index contributed by atoms with van der Waals surface area (Å²) in [6.45, 7) is 0. The highest BCUT2D eigenvalue weighted by Gasteiger charge is 2.49. The minimum atomic E-state index is -4.55. The molecule has 0 fully saturated rings. The van der Waals surface area contributed by atoms with Crippen LogP contribution in [0.4, 0.5) is 13.2 Å². The molecule has 0 saturated carbocycles. The first-order valence-corrected chi connectivity index (χ1v) is 5.20. The molecule has 1 aliphatic heterocycles. The minimum Gasteiger partial charge on any atom is -0.366 e. The Hall–Kier alpha value is -0.980.